The molecule has 1 aromatic carbocycles. The minimum absolute atomic E-state index is 0. The van der Waals surface area contributed by atoms with Crippen LogP contribution in [0.25, 0.3) is 0 Å². The Labute approximate surface area is 151 Å². The Morgan fingerprint density at radius 1 is 1.21 bits per heavy atom. The lowest BCUT2D eigenvalue weighted by molar-refractivity contribution is 0.406. The zero-order valence-corrected chi connectivity index (χ0v) is 14.7. The second-order valence-electron chi connectivity index (χ2n) is 7.04. The van der Waals surface area contributed by atoms with Crippen LogP contribution in [-0.2, 0) is 6.42 Å². The Morgan fingerprint density at radius 3 is 2.38 bits per heavy atom. The highest BCUT2D eigenvalue weighted by molar-refractivity contribution is 5.75. The molecule has 1 aromatic rings. The van der Waals surface area contributed by atoms with E-state index in [-0.39, 0.29) is 34.3 Å². The van der Waals surface area contributed by atoms with Gasteiger partial charge in [-0.2, -0.15) is 0 Å². The maximum absolute atomic E-state index is 10.5. The molecule has 0 saturated heterocycles. The maximum Gasteiger partial charge on any atom is 0.123 e. The van der Waals surface area contributed by atoms with Crippen molar-refractivity contribution >= 4 is 11.0 Å². The van der Waals surface area contributed by atoms with Crippen molar-refractivity contribution in [2.75, 3.05) is 0 Å². The summed E-state index contributed by atoms with van der Waals surface area (Å²) >= 11 is 0. The highest BCUT2D eigenvalue weighted by atomic mass is 28.1. The van der Waals surface area contributed by atoms with Crippen molar-refractivity contribution in [2.24, 2.45) is 5.92 Å². The molecule has 24 heavy (non-hydrogen) atoms. The van der Waals surface area contributed by atoms with E-state index in [4.69, 9.17) is 0 Å². The smallest absolute Gasteiger partial charge is 0.123 e. The first-order valence-electron chi connectivity index (χ1n) is 8.81. The van der Waals surface area contributed by atoms with Gasteiger partial charge in [-0.15, -0.1) is 0 Å². The van der Waals surface area contributed by atoms with Crippen molar-refractivity contribution in [1.29, 1.82) is 0 Å². The maximum atomic E-state index is 10.5. The molecule has 0 radical (unpaired) electrons. The number of aromatic hydroxyl groups is 2. The molecule has 0 aliphatic heterocycles. The largest absolute Gasteiger partial charge is 0.507 e. The van der Waals surface area contributed by atoms with E-state index in [1.165, 1.54) is 18.4 Å². The number of hydrogen-bond acceptors (Lipinski definition) is 2. The average molecular weight is 347 g/mol. The summed E-state index contributed by atoms with van der Waals surface area (Å²) in [6, 6.07) is 3.66. The van der Waals surface area contributed by atoms with Crippen LogP contribution >= 0.6 is 0 Å². The molecule has 0 aromatic heterocycles. The molecule has 2 N–H and O–H groups in total. The van der Waals surface area contributed by atoms with E-state index in [9.17, 15) is 10.2 Å². The monoisotopic (exact) mass is 346 g/mol. The summed E-state index contributed by atoms with van der Waals surface area (Å²) in [7, 11) is 0. The first kappa shape index (κ1) is 20.6. The van der Waals surface area contributed by atoms with Crippen LogP contribution in [-0.4, -0.2) is 21.2 Å². The van der Waals surface area contributed by atoms with Gasteiger partial charge in [0, 0.05) is 11.5 Å². The van der Waals surface area contributed by atoms with Gasteiger partial charge in [-0.1, -0.05) is 43.6 Å². The van der Waals surface area contributed by atoms with Gasteiger partial charge >= 0.3 is 0 Å². The van der Waals surface area contributed by atoms with E-state index in [0.29, 0.717) is 5.56 Å². The van der Waals surface area contributed by atoms with Crippen molar-refractivity contribution < 1.29 is 10.2 Å². The first-order valence-corrected chi connectivity index (χ1v) is 8.81. The molecule has 2 nitrogen and oxygen atoms in total. The fraction of sp³-hybridized carbons (Fsp3) is 0.524. The Hall–Kier alpha value is -1.48. The highest BCUT2D eigenvalue weighted by Gasteiger charge is 2.29. The van der Waals surface area contributed by atoms with E-state index >= 15 is 0 Å². The molecule has 0 amide bonds. The van der Waals surface area contributed by atoms with Crippen LogP contribution in [0.3, 0.4) is 0 Å². The van der Waals surface area contributed by atoms with Crippen LogP contribution in [0.2, 0.25) is 0 Å². The van der Waals surface area contributed by atoms with Crippen LogP contribution in [0.15, 0.2) is 35.9 Å². The summed E-state index contributed by atoms with van der Waals surface area (Å²) in [5.41, 5.74) is 4.11. The lowest BCUT2D eigenvalue weighted by Gasteiger charge is -2.31. The van der Waals surface area contributed by atoms with Crippen LogP contribution < -0.4 is 0 Å². The van der Waals surface area contributed by atoms with Gasteiger partial charge in [0.1, 0.15) is 11.5 Å². The number of aryl methyl sites for hydroxylation is 1. The molecule has 0 bridgehead atoms. The van der Waals surface area contributed by atoms with Gasteiger partial charge in [-0.3, -0.25) is 0 Å². The number of phenolic OH excluding ortho intramolecular Hbond substituents is 2. The lowest BCUT2D eigenvalue weighted by atomic mass is 9.73. The number of hydrogen-bond donors (Lipinski definition) is 2. The number of benzene rings is 1. The highest BCUT2D eigenvalue weighted by Crippen LogP contribution is 2.46. The van der Waals surface area contributed by atoms with E-state index in [0.717, 1.165) is 36.8 Å². The molecule has 1 aliphatic rings. The molecule has 0 fully saturated rings. The quantitative estimate of drug-likeness (QED) is 0.455. The van der Waals surface area contributed by atoms with Crippen LogP contribution in [0.5, 0.6) is 11.5 Å². The molecule has 3 heteroatoms. The van der Waals surface area contributed by atoms with E-state index in [1.807, 2.05) is 19.1 Å². The molecule has 0 saturated carbocycles. The molecule has 0 spiro atoms. The van der Waals surface area contributed by atoms with Gasteiger partial charge in [0.15, 0.2) is 0 Å². The normalized spacial score (nSPS) is 20.2. The van der Waals surface area contributed by atoms with Crippen molar-refractivity contribution in [3.05, 3.63) is 47.1 Å². The van der Waals surface area contributed by atoms with Crippen molar-refractivity contribution in [2.45, 2.75) is 65.2 Å². The fourth-order valence-electron chi connectivity index (χ4n) is 3.65. The predicted molar refractivity (Wildman–Crippen MR) is 108 cm³/mol. The summed E-state index contributed by atoms with van der Waals surface area (Å²) in [6.07, 6.45) is 8.61. The van der Waals surface area contributed by atoms with Crippen LogP contribution in [0.1, 0.15) is 69.9 Å². The summed E-state index contributed by atoms with van der Waals surface area (Å²) < 4.78 is 0. The van der Waals surface area contributed by atoms with Gasteiger partial charge in [0.25, 0.3) is 0 Å². The van der Waals surface area contributed by atoms with Crippen molar-refractivity contribution in [3.8, 4) is 11.5 Å². The molecule has 0 heterocycles. The standard InChI is InChI=1S/C21H30O2.H4Si/c1-5-6-7-8-16-12-19(22)21(20(23)13-16)18-11-15(4)9-10-17(18)14(2)3;/h11-13,17-18,22-23H,2,5-10H2,1,3-4H3;1H4/t17-,18+;/m0./s1. The molecule has 134 valence electrons. The minimum Gasteiger partial charge on any atom is -0.507 e. The Morgan fingerprint density at radius 2 is 1.83 bits per heavy atom. The SMILES string of the molecule is C=C(C)[C@@H]1CCC(C)=C[C@H]1c1c(O)cc(CCCCC)cc1O.[SiH4]. The third-order valence-corrected chi connectivity index (χ3v) is 4.98. The zero-order valence-electron chi connectivity index (χ0n) is 14.7. The fourth-order valence-corrected chi connectivity index (χ4v) is 3.65. The van der Waals surface area contributed by atoms with Crippen molar-refractivity contribution in [3.63, 3.8) is 0 Å². The van der Waals surface area contributed by atoms with Gasteiger partial charge in [-0.05, 0) is 74.1 Å². The zero-order chi connectivity index (χ0) is 17.0. The van der Waals surface area contributed by atoms with Crippen LogP contribution in [0.4, 0.5) is 0 Å². The third kappa shape index (κ3) is 4.76. The number of phenols is 2. The summed E-state index contributed by atoms with van der Waals surface area (Å²) in [5, 5.41) is 21.1. The second-order valence-corrected chi connectivity index (χ2v) is 7.04. The second kappa shape index (κ2) is 9.12. The summed E-state index contributed by atoms with van der Waals surface area (Å²) in [4.78, 5) is 0. The third-order valence-electron chi connectivity index (χ3n) is 4.98. The Balaban J connectivity index is 0.00000288. The molecule has 0 unspecified atom stereocenters. The number of unbranched alkanes of at least 4 members (excludes halogenated alkanes) is 2. The topological polar surface area (TPSA) is 40.5 Å². The van der Waals surface area contributed by atoms with Gasteiger partial charge in [-0.25, -0.2) is 0 Å². The number of allylic oxidation sites excluding steroid dienone is 3. The van der Waals surface area contributed by atoms with Gasteiger partial charge < -0.3 is 10.2 Å². The molecule has 2 rings (SSSR count). The summed E-state index contributed by atoms with van der Waals surface area (Å²) in [6.45, 7) is 10.4. The average Bonchev–Trinajstić information content (AvgIpc) is 2.46. The minimum atomic E-state index is 0. The first-order chi connectivity index (χ1) is 10.9. The van der Waals surface area contributed by atoms with Crippen LogP contribution in [0, 0.1) is 5.92 Å². The Bertz CT molecular complexity index is 581. The molecule has 1 aliphatic carbocycles. The van der Waals surface area contributed by atoms with Crippen molar-refractivity contribution in [1.82, 2.24) is 0 Å². The molecule has 2 atom stereocenters. The van der Waals surface area contributed by atoms with E-state index < -0.39 is 0 Å². The number of rotatable bonds is 6. The lowest BCUT2D eigenvalue weighted by Crippen LogP contribution is -2.17. The Kier molecular flexibility index (Phi) is 7.81. The summed E-state index contributed by atoms with van der Waals surface area (Å²) in [5.74, 6) is 0.741. The van der Waals surface area contributed by atoms with E-state index in [1.54, 1.807) is 0 Å². The van der Waals surface area contributed by atoms with Gasteiger partial charge in [0.2, 0.25) is 0 Å². The molecular formula is C21H34O2Si. The van der Waals surface area contributed by atoms with Gasteiger partial charge in [0.05, 0.1) is 0 Å². The van der Waals surface area contributed by atoms with E-state index in [2.05, 4.69) is 26.5 Å². The predicted octanol–water partition coefficient (Wildman–Crippen LogP) is 4.39. The molecular weight excluding hydrogens is 312 g/mol.